The first-order valence-electron chi connectivity index (χ1n) is 13.8. The van der Waals surface area contributed by atoms with Crippen molar-refractivity contribution in [3.05, 3.63) is 92.7 Å². The SMILES string of the molecule is Cc1ncsc1CCNC(=O)c1cnc(N2CCN(C(=O)c3c(-c4ccccc4)n(C)c4ccc(Br)cc34)CC2)cn1.Cl. The van der Waals surface area contributed by atoms with E-state index < -0.39 is 0 Å². The second-order valence-corrected chi connectivity index (χ2v) is 12.1. The highest BCUT2D eigenvalue weighted by molar-refractivity contribution is 9.10. The number of fused-ring (bicyclic) bond motifs is 1. The number of aromatic nitrogens is 4. The number of carbonyl (C=O) groups excluding carboxylic acids is 2. The number of benzene rings is 2. The molecule has 1 aliphatic heterocycles. The Morgan fingerprint density at radius 2 is 1.77 bits per heavy atom. The van der Waals surface area contributed by atoms with Crippen LogP contribution < -0.4 is 10.2 Å². The van der Waals surface area contributed by atoms with Crippen molar-refractivity contribution >= 4 is 68.2 Å². The van der Waals surface area contributed by atoms with Crippen LogP contribution in [0.5, 0.6) is 0 Å². The van der Waals surface area contributed by atoms with E-state index in [4.69, 9.17) is 0 Å². The van der Waals surface area contributed by atoms with Gasteiger partial charge in [0.05, 0.1) is 34.9 Å². The molecule has 0 spiro atoms. The lowest BCUT2D eigenvalue weighted by atomic mass is 10.0. The Balaban J connectivity index is 0.00000368. The van der Waals surface area contributed by atoms with E-state index in [1.165, 1.54) is 11.1 Å². The monoisotopic (exact) mass is 679 g/mol. The molecule has 3 aromatic heterocycles. The molecular formula is C31H31BrClN7O2S. The molecule has 4 heterocycles. The highest BCUT2D eigenvalue weighted by Gasteiger charge is 2.29. The summed E-state index contributed by atoms with van der Waals surface area (Å²) in [6.45, 7) is 4.83. The number of carbonyl (C=O) groups is 2. The number of halogens is 2. The van der Waals surface area contributed by atoms with Gasteiger partial charge in [0, 0.05) is 66.4 Å². The summed E-state index contributed by atoms with van der Waals surface area (Å²) in [5.74, 6) is 0.462. The summed E-state index contributed by atoms with van der Waals surface area (Å²) >= 11 is 5.19. The largest absolute Gasteiger partial charge is 0.352 e. The summed E-state index contributed by atoms with van der Waals surface area (Å²) < 4.78 is 3.04. The maximum Gasteiger partial charge on any atom is 0.271 e. The molecule has 0 radical (unpaired) electrons. The van der Waals surface area contributed by atoms with Gasteiger partial charge in [-0.05, 0) is 30.7 Å². The molecule has 2 amide bonds. The van der Waals surface area contributed by atoms with Gasteiger partial charge in [-0.2, -0.15) is 0 Å². The zero-order valence-electron chi connectivity index (χ0n) is 23.8. The Kier molecular flexibility index (Phi) is 9.43. The van der Waals surface area contributed by atoms with Gasteiger partial charge in [-0.3, -0.25) is 9.59 Å². The number of hydrogen-bond acceptors (Lipinski definition) is 7. The van der Waals surface area contributed by atoms with E-state index in [-0.39, 0.29) is 29.9 Å². The normalized spacial score (nSPS) is 13.2. The molecule has 0 atom stereocenters. The summed E-state index contributed by atoms with van der Waals surface area (Å²) in [7, 11) is 2.01. The van der Waals surface area contributed by atoms with E-state index >= 15 is 0 Å². The molecule has 1 saturated heterocycles. The lowest BCUT2D eigenvalue weighted by molar-refractivity contribution is 0.0748. The van der Waals surface area contributed by atoms with Crippen molar-refractivity contribution in [1.82, 2.24) is 29.7 Å². The average Bonchev–Trinajstić information content (AvgIpc) is 3.56. The molecule has 6 rings (SSSR count). The molecule has 2 aromatic carbocycles. The van der Waals surface area contributed by atoms with E-state index in [0.29, 0.717) is 44.1 Å². The van der Waals surface area contributed by atoms with E-state index in [0.717, 1.165) is 38.7 Å². The van der Waals surface area contributed by atoms with Gasteiger partial charge >= 0.3 is 0 Å². The summed E-state index contributed by atoms with van der Waals surface area (Å²) in [5, 5.41) is 3.84. The topological polar surface area (TPSA) is 96.3 Å². The molecule has 1 N–H and O–H groups in total. The lowest BCUT2D eigenvalue weighted by Crippen LogP contribution is -2.49. The molecule has 0 unspecified atom stereocenters. The fourth-order valence-electron chi connectivity index (χ4n) is 5.41. The second-order valence-electron chi connectivity index (χ2n) is 10.2. The van der Waals surface area contributed by atoms with Crippen molar-refractivity contribution in [3.63, 3.8) is 0 Å². The van der Waals surface area contributed by atoms with Gasteiger partial charge in [0.15, 0.2) is 0 Å². The first-order valence-corrected chi connectivity index (χ1v) is 15.4. The summed E-state index contributed by atoms with van der Waals surface area (Å²) in [6, 6.07) is 16.1. The van der Waals surface area contributed by atoms with Crippen molar-refractivity contribution in [2.45, 2.75) is 13.3 Å². The molecule has 9 nitrogen and oxygen atoms in total. The fraction of sp³-hybridized carbons (Fsp3) is 0.258. The number of thiazole rings is 1. The van der Waals surface area contributed by atoms with Crippen LogP contribution in [-0.4, -0.2) is 69.0 Å². The van der Waals surface area contributed by atoms with Crippen LogP contribution in [0.2, 0.25) is 0 Å². The van der Waals surface area contributed by atoms with Gasteiger partial charge in [-0.25, -0.2) is 15.0 Å². The van der Waals surface area contributed by atoms with Crippen molar-refractivity contribution in [3.8, 4) is 11.3 Å². The molecule has 12 heteroatoms. The number of amides is 2. The number of nitrogens with zero attached hydrogens (tertiary/aromatic N) is 6. The number of anilines is 1. The van der Waals surface area contributed by atoms with E-state index in [1.807, 2.05) is 72.9 Å². The van der Waals surface area contributed by atoms with E-state index in [1.54, 1.807) is 17.5 Å². The van der Waals surface area contributed by atoms with Crippen molar-refractivity contribution in [2.24, 2.45) is 7.05 Å². The van der Waals surface area contributed by atoms with Crippen molar-refractivity contribution in [2.75, 3.05) is 37.6 Å². The summed E-state index contributed by atoms with van der Waals surface area (Å²) in [5.41, 5.74) is 6.75. The number of piperazine rings is 1. The predicted octanol–water partition coefficient (Wildman–Crippen LogP) is 5.52. The third-order valence-electron chi connectivity index (χ3n) is 7.67. The molecule has 43 heavy (non-hydrogen) atoms. The van der Waals surface area contributed by atoms with E-state index in [2.05, 4.69) is 45.7 Å². The number of nitrogens with one attached hydrogen (secondary N) is 1. The minimum atomic E-state index is -0.248. The second kappa shape index (κ2) is 13.2. The van der Waals surface area contributed by atoms with Gasteiger partial charge in [-0.1, -0.05) is 46.3 Å². The maximum atomic E-state index is 14.1. The number of hydrogen-bond donors (Lipinski definition) is 1. The molecule has 0 bridgehead atoms. The Morgan fingerprint density at radius 1 is 1.00 bits per heavy atom. The van der Waals surface area contributed by atoms with Crippen LogP contribution in [0.3, 0.4) is 0 Å². The highest BCUT2D eigenvalue weighted by Crippen LogP contribution is 2.35. The Bertz CT molecular complexity index is 1750. The van der Waals surface area contributed by atoms with Gasteiger partial charge in [-0.15, -0.1) is 23.7 Å². The maximum absolute atomic E-state index is 14.1. The van der Waals surface area contributed by atoms with Crippen LogP contribution in [0.4, 0.5) is 5.82 Å². The predicted molar refractivity (Wildman–Crippen MR) is 176 cm³/mol. The number of aryl methyl sites for hydroxylation is 2. The quantitative estimate of drug-likeness (QED) is 0.243. The van der Waals surface area contributed by atoms with Crippen LogP contribution in [-0.2, 0) is 13.5 Å². The van der Waals surface area contributed by atoms with Gasteiger partial charge in [0.25, 0.3) is 11.8 Å². The minimum Gasteiger partial charge on any atom is -0.352 e. The van der Waals surface area contributed by atoms with Crippen LogP contribution in [0.25, 0.3) is 22.2 Å². The average molecular weight is 681 g/mol. The lowest BCUT2D eigenvalue weighted by Gasteiger charge is -2.35. The minimum absolute atomic E-state index is 0. The molecule has 5 aromatic rings. The molecule has 0 saturated carbocycles. The molecule has 1 aliphatic rings. The summed E-state index contributed by atoms with van der Waals surface area (Å²) in [4.78, 5) is 44.9. The Labute approximate surface area is 268 Å². The summed E-state index contributed by atoms with van der Waals surface area (Å²) in [6.07, 6.45) is 3.88. The highest BCUT2D eigenvalue weighted by atomic mass is 79.9. The first kappa shape index (κ1) is 30.7. The van der Waals surface area contributed by atoms with Gasteiger partial charge in [0.2, 0.25) is 0 Å². The van der Waals surface area contributed by atoms with Crippen molar-refractivity contribution in [1.29, 1.82) is 0 Å². The molecule has 222 valence electrons. The van der Waals surface area contributed by atoms with Crippen molar-refractivity contribution < 1.29 is 9.59 Å². The number of rotatable bonds is 7. The third kappa shape index (κ3) is 6.29. The van der Waals surface area contributed by atoms with E-state index in [9.17, 15) is 9.59 Å². The van der Waals surface area contributed by atoms with Gasteiger partial charge < -0.3 is 19.7 Å². The smallest absolute Gasteiger partial charge is 0.271 e. The first-order chi connectivity index (χ1) is 20.4. The Hall–Kier alpha value is -3.80. The molecule has 1 fully saturated rings. The zero-order chi connectivity index (χ0) is 29.2. The standard InChI is InChI=1S/C31H30BrN7O2S.ClH/c1-20-26(42-19-36-20)10-11-33-30(40)24-17-35-27(18-34-24)38-12-14-39(15-13-38)31(41)28-23-16-22(32)8-9-25(23)37(2)29(28)21-6-4-3-5-7-21;/h3-9,16-19H,10-15H2,1-2H3,(H,33,40);1H. The molecule has 0 aliphatic carbocycles. The zero-order valence-corrected chi connectivity index (χ0v) is 27.0. The van der Waals surface area contributed by atoms with Crippen LogP contribution >= 0.6 is 39.7 Å². The van der Waals surface area contributed by atoms with Gasteiger partial charge in [0.1, 0.15) is 11.5 Å². The molecular weight excluding hydrogens is 650 g/mol. The van der Waals surface area contributed by atoms with Crippen LogP contribution in [0.1, 0.15) is 31.4 Å². The Morgan fingerprint density at radius 3 is 2.44 bits per heavy atom. The van der Waals surface area contributed by atoms with Crippen LogP contribution in [0, 0.1) is 6.92 Å². The van der Waals surface area contributed by atoms with Crippen LogP contribution in [0.15, 0.2) is 70.9 Å². The third-order valence-corrected chi connectivity index (χ3v) is 9.15. The fourth-order valence-corrected chi connectivity index (χ4v) is 6.55.